The summed E-state index contributed by atoms with van der Waals surface area (Å²) < 4.78 is 1.08. The van der Waals surface area contributed by atoms with E-state index in [4.69, 9.17) is 0 Å². The van der Waals surface area contributed by atoms with E-state index >= 15 is 0 Å². The Morgan fingerprint density at radius 2 is 2.07 bits per heavy atom. The van der Waals surface area contributed by atoms with Crippen molar-refractivity contribution in [3.63, 3.8) is 0 Å². The van der Waals surface area contributed by atoms with Crippen molar-refractivity contribution in [1.29, 1.82) is 0 Å². The number of rotatable bonds is 2. The number of hydrogen-bond acceptors (Lipinski definition) is 2. The fraction of sp³-hybridized carbons (Fsp3) is 0.364. The lowest BCUT2D eigenvalue weighted by atomic mass is 9.91. The van der Waals surface area contributed by atoms with Crippen molar-refractivity contribution in [2.24, 2.45) is 5.41 Å². The number of carbonyl (C=O) groups is 1. The van der Waals surface area contributed by atoms with Crippen LogP contribution in [0.1, 0.15) is 25.6 Å². The fourth-order valence-corrected chi connectivity index (χ4v) is 2.15. The zero-order valence-electron chi connectivity index (χ0n) is 8.50. The van der Waals surface area contributed by atoms with Crippen LogP contribution < -0.4 is 0 Å². The number of thiophene rings is 1. The molecule has 0 aliphatic carbocycles. The summed E-state index contributed by atoms with van der Waals surface area (Å²) in [6, 6.07) is 3.97. The lowest BCUT2D eigenvalue weighted by Gasteiger charge is -2.12. The molecule has 1 rings (SSSR count). The molecule has 0 radical (unpaired) electrons. The molecule has 14 heavy (non-hydrogen) atoms. The minimum absolute atomic E-state index is 0.155. The molecule has 76 valence electrons. The molecule has 1 heterocycles. The summed E-state index contributed by atoms with van der Waals surface area (Å²) in [5.74, 6) is 0.155. The second-order valence-corrected chi connectivity index (χ2v) is 6.58. The Morgan fingerprint density at radius 3 is 2.50 bits per heavy atom. The largest absolute Gasteiger partial charge is 0.294 e. The van der Waals surface area contributed by atoms with E-state index in [1.165, 1.54) is 0 Å². The van der Waals surface area contributed by atoms with Crippen LogP contribution in [0, 0.1) is 5.41 Å². The average Bonchev–Trinajstić information content (AvgIpc) is 2.45. The van der Waals surface area contributed by atoms with Gasteiger partial charge in [-0.05, 0) is 40.2 Å². The van der Waals surface area contributed by atoms with Gasteiger partial charge in [0.25, 0.3) is 0 Å². The van der Waals surface area contributed by atoms with Gasteiger partial charge >= 0.3 is 0 Å². The van der Waals surface area contributed by atoms with Gasteiger partial charge in [-0.25, -0.2) is 0 Å². The average molecular weight is 273 g/mol. The molecule has 0 spiro atoms. The van der Waals surface area contributed by atoms with Gasteiger partial charge in [0.1, 0.15) is 0 Å². The lowest BCUT2D eigenvalue weighted by Crippen LogP contribution is -2.17. The Kier molecular flexibility index (Phi) is 3.67. The molecule has 0 amide bonds. The van der Waals surface area contributed by atoms with E-state index in [-0.39, 0.29) is 11.2 Å². The summed E-state index contributed by atoms with van der Waals surface area (Å²) in [6.07, 6.45) is 3.52. The Hall–Kier alpha value is -0.410. The number of carbonyl (C=O) groups excluding carboxylic acids is 1. The van der Waals surface area contributed by atoms with Gasteiger partial charge < -0.3 is 0 Å². The second kappa shape index (κ2) is 4.41. The minimum atomic E-state index is -0.287. The molecule has 0 aromatic carbocycles. The van der Waals surface area contributed by atoms with Gasteiger partial charge in [-0.3, -0.25) is 4.79 Å². The highest BCUT2D eigenvalue weighted by molar-refractivity contribution is 9.11. The number of allylic oxidation sites excluding steroid dienone is 1. The van der Waals surface area contributed by atoms with E-state index in [1.807, 2.05) is 39.0 Å². The zero-order chi connectivity index (χ0) is 10.8. The van der Waals surface area contributed by atoms with Crippen molar-refractivity contribution < 1.29 is 4.79 Å². The normalized spacial score (nSPS) is 12.3. The van der Waals surface area contributed by atoms with E-state index in [9.17, 15) is 4.79 Å². The number of hydrogen-bond donors (Lipinski definition) is 0. The topological polar surface area (TPSA) is 17.1 Å². The maximum Gasteiger partial charge on any atom is 0.161 e. The van der Waals surface area contributed by atoms with E-state index in [0.717, 1.165) is 8.66 Å². The van der Waals surface area contributed by atoms with Crippen LogP contribution >= 0.6 is 27.3 Å². The zero-order valence-corrected chi connectivity index (χ0v) is 10.9. The maximum atomic E-state index is 11.6. The quantitative estimate of drug-likeness (QED) is 0.740. The SMILES string of the molecule is CC(C)(C)C(=O)/C=C\c1ccc(Br)s1. The summed E-state index contributed by atoms with van der Waals surface area (Å²) in [4.78, 5) is 12.6. The van der Waals surface area contributed by atoms with Crippen LogP contribution in [0.4, 0.5) is 0 Å². The number of ketones is 1. The molecule has 1 nitrogen and oxygen atoms in total. The smallest absolute Gasteiger partial charge is 0.161 e. The summed E-state index contributed by atoms with van der Waals surface area (Å²) in [7, 11) is 0. The Balaban J connectivity index is 2.70. The van der Waals surface area contributed by atoms with Gasteiger partial charge in [0.15, 0.2) is 5.78 Å². The van der Waals surface area contributed by atoms with E-state index in [1.54, 1.807) is 17.4 Å². The van der Waals surface area contributed by atoms with Crippen molar-refractivity contribution in [1.82, 2.24) is 0 Å². The Bertz CT molecular complexity index is 358. The van der Waals surface area contributed by atoms with Gasteiger partial charge in [0, 0.05) is 10.3 Å². The molecule has 1 aromatic rings. The van der Waals surface area contributed by atoms with Gasteiger partial charge in [0.2, 0.25) is 0 Å². The molecule has 0 saturated heterocycles. The molecule has 0 fully saturated rings. The highest BCUT2D eigenvalue weighted by atomic mass is 79.9. The molecular weight excluding hydrogens is 260 g/mol. The van der Waals surface area contributed by atoms with Gasteiger partial charge in [-0.15, -0.1) is 11.3 Å². The summed E-state index contributed by atoms with van der Waals surface area (Å²) in [6.45, 7) is 5.76. The monoisotopic (exact) mass is 272 g/mol. The third kappa shape index (κ3) is 3.39. The first kappa shape index (κ1) is 11.7. The fourth-order valence-electron chi connectivity index (χ4n) is 0.826. The summed E-state index contributed by atoms with van der Waals surface area (Å²) in [5, 5.41) is 0. The Morgan fingerprint density at radius 1 is 1.43 bits per heavy atom. The first-order valence-electron chi connectivity index (χ1n) is 4.37. The summed E-state index contributed by atoms with van der Waals surface area (Å²) in [5.41, 5.74) is -0.287. The molecule has 0 aliphatic heterocycles. The highest BCUT2D eigenvalue weighted by Gasteiger charge is 2.17. The molecule has 0 bridgehead atoms. The van der Waals surface area contributed by atoms with Crippen LogP contribution in [-0.4, -0.2) is 5.78 Å². The van der Waals surface area contributed by atoms with Gasteiger partial charge in [0.05, 0.1) is 3.79 Å². The predicted molar refractivity (Wildman–Crippen MR) is 65.5 cm³/mol. The van der Waals surface area contributed by atoms with Gasteiger partial charge in [-0.2, -0.15) is 0 Å². The van der Waals surface area contributed by atoms with Crippen molar-refractivity contribution in [2.45, 2.75) is 20.8 Å². The van der Waals surface area contributed by atoms with Crippen LogP contribution in [0.2, 0.25) is 0 Å². The van der Waals surface area contributed by atoms with Crippen LogP contribution in [0.3, 0.4) is 0 Å². The standard InChI is InChI=1S/C11H13BrOS/c1-11(2,3)9(13)6-4-8-5-7-10(12)14-8/h4-7H,1-3H3/b6-4-. The van der Waals surface area contributed by atoms with Crippen LogP contribution in [-0.2, 0) is 4.79 Å². The van der Waals surface area contributed by atoms with Crippen molar-refractivity contribution in [3.8, 4) is 0 Å². The molecule has 0 saturated carbocycles. The molecule has 3 heteroatoms. The third-order valence-electron chi connectivity index (χ3n) is 1.73. The molecular formula is C11H13BrOS. The van der Waals surface area contributed by atoms with Crippen LogP contribution in [0.5, 0.6) is 0 Å². The molecule has 0 atom stereocenters. The van der Waals surface area contributed by atoms with Crippen molar-refractivity contribution in [3.05, 3.63) is 26.9 Å². The first-order valence-corrected chi connectivity index (χ1v) is 5.98. The number of halogens is 1. The predicted octanol–water partition coefficient (Wildman–Crippen LogP) is 4.14. The maximum absolute atomic E-state index is 11.6. The van der Waals surface area contributed by atoms with Crippen LogP contribution in [0.25, 0.3) is 6.08 Å². The molecule has 0 unspecified atom stereocenters. The summed E-state index contributed by atoms with van der Waals surface area (Å²) >= 11 is 5.00. The lowest BCUT2D eigenvalue weighted by molar-refractivity contribution is -0.121. The first-order chi connectivity index (χ1) is 6.39. The third-order valence-corrected chi connectivity index (χ3v) is 3.32. The molecule has 0 aliphatic rings. The Labute approximate surface area is 97.0 Å². The minimum Gasteiger partial charge on any atom is -0.294 e. The van der Waals surface area contributed by atoms with Crippen molar-refractivity contribution >= 4 is 39.1 Å². The van der Waals surface area contributed by atoms with E-state index in [0.29, 0.717) is 0 Å². The highest BCUT2D eigenvalue weighted by Crippen LogP contribution is 2.24. The molecule has 0 N–H and O–H groups in total. The second-order valence-electron chi connectivity index (χ2n) is 4.09. The van der Waals surface area contributed by atoms with E-state index in [2.05, 4.69) is 15.9 Å². The van der Waals surface area contributed by atoms with Crippen molar-refractivity contribution in [2.75, 3.05) is 0 Å². The molecule has 1 aromatic heterocycles. The van der Waals surface area contributed by atoms with Gasteiger partial charge in [-0.1, -0.05) is 20.8 Å². The van der Waals surface area contributed by atoms with E-state index < -0.39 is 0 Å². The van der Waals surface area contributed by atoms with Crippen LogP contribution in [0.15, 0.2) is 22.0 Å².